The van der Waals surface area contributed by atoms with E-state index in [4.69, 9.17) is 19.4 Å². The van der Waals surface area contributed by atoms with Crippen LogP contribution in [0.4, 0.5) is 0 Å². The number of rotatable bonds is 3. The van der Waals surface area contributed by atoms with Gasteiger partial charge in [-0.2, -0.15) is 0 Å². The Morgan fingerprint density at radius 2 is 1.35 bits per heavy atom. The topological polar surface area (TPSA) is 64.7 Å². The summed E-state index contributed by atoms with van der Waals surface area (Å²) in [4.78, 5) is 19.2. The molecule has 0 saturated heterocycles. The Morgan fingerprint density at radius 1 is 0.600 bits per heavy atom. The molecule has 4 aromatic carbocycles. The van der Waals surface area contributed by atoms with Crippen molar-refractivity contribution in [1.82, 2.24) is 19.9 Å². The molecule has 3 aromatic heterocycles. The van der Waals surface area contributed by atoms with E-state index in [1.165, 1.54) is 22.3 Å². The summed E-state index contributed by atoms with van der Waals surface area (Å²) in [5, 5.41) is 2.19. The standard InChI is InChI=1S/C35H24N4O/c1-35(2)25-16-7-6-13-22(25)29-26(35)18-19-28-30(29)23-14-10-15-24(31(23)40-28)33-37-32(21-11-4-3-5-12-21)38-34(39-33)27-17-8-9-20-36-27/h3-20H,1-2H3. The number of hydrogen-bond donors (Lipinski definition) is 0. The second-order valence-electron chi connectivity index (χ2n) is 10.7. The minimum atomic E-state index is -0.0856. The van der Waals surface area contributed by atoms with E-state index in [1.807, 2.05) is 54.6 Å². The maximum absolute atomic E-state index is 6.62. The van der Waals surface area contributed by atoms with Gasteiger partial charge >= 0.3 is 0 Å². The van der Waals surface area contributed by atoms with Crippen molar-refractivity contribution in [3.63, 3.8) is 0 Å². The molecule has 3 heterocycles. The first-order chi connectivity index (χ1) is 19.6. The molecule has 8 rings (SSSR count). The van der Waals surface area contributed by atoms with Crippen LogP contribution in [-0.4, -0.2) is 19.9 Å². The molecule has 0 N–H and O–H groups in total. The van der Waals surface area contributed by atoms with E-state index in [1.54, 1.807) is 6.20 Å². The third kappa shape index (κ3) is 3.27. The number of para-hydroxylation sites is 1. The lowest BCUT2D eigenvalue weighted by Crippen LogP contribution is -2.14. The molecule has 0 bridgehead atoms. The van der Waals surface area contributed by atoms with Crippen LogP contribution >= 0.6 is 0 Å². The molecule has 5 heteroatoms. The molecule has 0 saturated carbocycles. The minimum absolute atomic E-state index is 0.0856. The predicted molar refractivity (Wildman–Crippen MR) is 159 cm³/mol. The summed E-state index contributed by atoms with van der Waals surface area (Å²) < 4.78 is 6.62. The van der Waals surface area contributed by atoms with Gasteiger partial charge in [0.25, 0.3) is 0 Å². The fourth-order valence-electron chi connectivity index (χ4n) is 6.08. The largest absolute Gasteiger partial charge is 0.455 e. The Labute approximate surface area is 231 Å². The molecule has 7 aromatic rings. The zero-order chi connectivity index (χ0) is 26.8. The van der Waals surface area contributed by atoms with Crippen LogP contribution in [0.2, 0.25) is 0 Å². The van der Waals surface area contributed by atoms with Gasteiger partial charge in [0.15, 0.2) is 17.5 Å². The third-order valence-electron chi connectivity index (χ3n) is 8.01. The summed E-state index contributed by atoms with van der Waals surface area (Å²) in [5.74, 6) is 1.67. The van der Waals surface area contributed by atoms with Crippen LogP contribution in [0.3, 0.4) is 0 Å². The number of benzene rings is 4. The van der Waals surface area contributed by atoms with Crippen molar-refractivity contribution in [1.29, 1.82) is 0 Å². The van der Waals surface area contributed by atoms with E-state index in [0.717, 1.165) is 33.1 Å². The van der Waals surface area contributed by atoms with E-state index >= 15 is 0 Å². The molecular formula is C35H24N4O. The van der Waals surface area contributed by atoms with Gasteiger partial charge < -0.3 is 4.42 Å². The highest BCUT2D eigenvalue weighted by Gasteiger charge is 2.37. The van der Waals surface area contributed by atoms with Crippen LogP contribution in [-0.2, 0) is 5.41 Å². The Balaban J connectivity index is 1.41. The molecule has 0 atom stereocenters. The molecule has 0 spiro atoms. The molecule has 5 nitrogen and oxygen atoms in total. The van der Waals surface area contributed by atoms with Crippen molar-refractivity contribution in [3.05, 3.63) is 120 Å². The van der Waals surface area contributed by atoms with E-state index < -0.39 is 0 Å². The molecule has 0 radical (unpaired) electrons. The zero-order valence-corrected chi connectivity index (χ0v) is 22.1. The van der Waals surface area contributed by atoms with Crippen molar-refractivity contribution < 1.29 is 4.42 Å². The van der Waals surface area contributed by atoms with E-state index in [0.29, 0.717) is 23.2 Å². The molecular weight excluding hydrogens is 492 g/mol. The molecule has 0 aliphatic heterocycles. The predicted octanol–water partition coefficient (Wildman–Crippen LogP) is 8.47. The number of aromatic nitrogens is 4. The van der Waals surface area contributed by atoms with Gasteiger partial charge in [-0.25, -0.2) is 15.0 Å². The molecule has 1 aliphatic rings. The quantitative estimate of drug-likeness (QED) is 0.236. The van der Waals surface area contributed by atoms with Gasteiger partial charge in [-0.3, -0.25) is 4.98 Å². The fourth-order valence-corrected chi connectivity index (χ4v) is 6.08. The highest BCUT2D eigenvalue weighted by molar-refractivity contribution is 6.17. The maximum Gasteiger partial charge on any atom is 0.182 e. The number of pyridine rings is 1. The minimum Gasteiger partial charge on any atom is -0.455 e. The monoisotopic (exact) mass is 516 g/mol. The Hall–Kier alpha value is -5.16. The highest BCUT2D eigenvalue weighted by atomic mass is 16.3. The van der Waals surface area contributed by atoms with Gasteiger partial charge in [-0.05, 0) is 46.5 Å². The lowest BCUT2D eigenvalue weighted by molar-refractivity contribution is 0.657. The first kappa shape index (κ1) is 22.8. The summed E-state index contributed by atoms with van der Waals surface area (Å²) in [6, 6.07) is 35.0. The summed E-state index contributed by atoms with van der Waals surface area (Å²) in [5.41, 5.74) is 9.15. The molecule has 0 fully saturated rings. The molecule has 0 unspecified atom stereocenters. The number of nitrogens with zero attached hydrogens (tertiary/aromatic N) is 4. The molecule has 190 valence electrons. The zero-order valence-electron chi connectivity index (χ0n) is 22.1. The van der Waals surface area contributed by atoms with Crippen molar-refractivity contribution >= 4 is 21.9 Å². The highest BCUT2D eigenvalue weighted by Crippen LogP contribution is 2.53. The summed E-state index contributed by atoms with van der Waals surface area (Å²) in [7, 11) is 0. The molecule has 1 aliphatic carbocycles. The van der Waals surface area contributed by atoms with Crippen molar-refractivity contribution in [2.45, 2.75) is 19.3 Å². The SMILES string of the molecule is CC1(C)c2ccccc2-c2c1ccc1oc3c(-c4nc(-c5ccccc5)nc(-c5ccccn5)n4)cccc3c21. The third-order valence-corrected chi connectivity index (χ3v) is 8.01. The summed E-state index contributed by atoms with van der Waals surface area (Å²) in [6.45, 7) is 4.60. The van der Waals surface area contributed by atoms with Gasteiger partial charge in [0.2, 0.25) is 0 Å². The van der Waals surface area contributed by atoms with Crippen molar-refractivity contribution in [2.24, 2.45) is 0 Å². The van der Waals surface area contributed by atoms with Crippen LogP contribution in [0.5, 0.6) is 0 Å². The maximum atomic E-state index is 6.62. The normalized spacial score (nSPS) is 13.4. The second-order valence-corrected chi connectivity index (χ2v) is 10.7. The first-order valence-electron chi connectivity index (χ1n) is 13.4. The number of hydrogen-bond acceptors (Lipinski definition) is 5. The van der Waals surface area contributed by atoms with E-state index in [-0.39, 0.29) is 5.41 Å². The van der Waals surface area contributed by atoms with Gasteiger partial charge in [0, 0.05) is 27.9 Å². The van der Waals surface area contributed by atoms with Crippen LogP contribution < -0.4 is 0 Å². The van der Waals surface area contributed by atoms with E-state index in [2.05, 4.69) is 67.4 Å². The Kier molecular flexibility index (Phi) is 4.80. The van der Waals surface area contributed by atoms with Crippen molar-refractivity contribution in [2.75, 3.05) is 0 Å². The van der Waals surface area contributed by atoms with Gasteiger partial charge in [-0.15, -0.1) is 0 Å². The van der Waals surface area contributed by atoms with Crippen molar-refractivity contribution in [3.8, 4) is 45.4 Å². The van der Waals surface area contributed by atoms with Crippen LogP contribution in [0.25, 0.3) is 67.4 Å². The van der Waals surface area contributed by atoms with Crippen LogP contribution in [0.1, 0.15) is 25.0 Å². The van der Waals surface area contributed by atoms with Gasteiger partial charge in [-0.1, -0.05) is 92.7 Å². The Morgan fingerprint density at radius 3 is 2.20 bits per heavy atom. The average molecular weight is 517 g/mol. The fraction of sp³-hybridized carbons (Fsp3) is 0.0857. The van der Waals surface area contributed by atoms with Crippen LogP contribution in [0.15, 0.2) is 114 Å². The number of fused-ring (bicyclic) bond motifs is 7. The van der Waals surface area contributed by atoms with Gasteiger partial charge in [0.05, 0.1) is 5.56 Å². The van der Waals surface area contributed by atoms with Crippen LogP contribution in [0, 0.1) is 0 Å². The van der Waals surface area contributed by atoms with E-state index in [9.17, 15) is 0 Å². The molecule has 0 amide bonds. The average Bonchev–Trinajstić information content (AvgIpc) is 3.50. The first-order valence-corrected chi connectivity index (χ1v) is 13.4. The number of furan rings is 1. The lowest BCUT2D eigenvalue weighted by Gasteiger charge is -2.21. The lowest BCUT2D eigenvalue weighted by atomic mass is 9.82. The smallest absolute Gasteiger partial charge is 0.182 e. The summed E-state index contributed by atoms with van der Waals surface area (Å²) in [6.07, 6.45) is 1.75. The summed E-state index contributed by atoms with van der Waals surface area (Å²) >= 11 is 0. The Bertz CT molecular complexity index is 2020. The molecule has 40 heavy (non-hydrogen) atoms. The second kappa shape index (κ2) is 8.42. The van der Waals surface area contributed by atoms with Gasteiger partial charge in [0.1, 0.15) is 16.9 Å².